The number of rotatable bonds is 5. The molecule has 0 N–H and O–H groups in total. The van der Waals surface area contributed by atoms with E-state index in [2.05, 4.69) is 84.3 Å². The molecule has 2 atom stereocenters. The van der Waals surface area contributed by atoms with Crippen LogP contribution in [-0.2, 0) is 37.6 Å². The van der Waals surface area contributed by atoms with Crippen LogP contribution in [0.5, 0.6) is 0 Å². The molecule has 0 spiro atoms. The number of aryl methyl sites for hydroxylation is 1. The van der Waals surface area contributed by atoms with Crippen molar-refractivity contribution in [3.63, 3.8) is 0 Å². The fourth-order valence-corrected chi connectivity index (χ4v) is 9.50. The van der Waals surface area contributed by atoms with Gasteiger partial charge in [0, 0.05) is 0 Å². The van der Waals surface area contributed by atoms with Gasteiger partial charge in [0.1, 0.15) is 0 Å². The first-order valence-corrected chi connectivity index (χ1v) is 19.1. The molecule has 2 unspecified atom stereocenters. The van der Waals surface area contributed by atoms with Gasteiger partial charge in [-0.15, -0.1) is 0 Å². The Morgan fingerprint density at radius 1 is 0.933 bits per heavy atom. The molecule has 5 heteroatoms. The fraction of sp³-hybridized carbons (Fsp3) is 0.520. The normalized spacial score (nSPS) is 14.9. The Balaban J connectivity index is 0.00000225. The predicted octanol–water partition coefficient (Wildman–Crippen LogP) is 0.198. The van der Waals surface area contributed by atoms with E-state index < -0.39 is 16.1 Å². The molecule has 2 aromatic rings. The topological polar surface area (TPSA) is 0 Å². The van der Waals surface area contributed by atoms with E-state index in [1.807, 2.05) is 0 Å². The Labute approximate surface area is 214 Å². The summed E-state index contributed by atoms with van der Waals surface area (Å²) in [6.45, 7) is 22.2. The molecule has 0 saturated heterocycles. The molecule has 163 valence electrons. The van der Waals surface area contributed by atoms with Gasteiger partial charge in [-0.2, -0.15) is 0 Å². The zero-order valence-electron chi connectivity index (χ0n) is 20.1. The summed E-state index contributed by atoms with van der Waals surface area (Å²) in [4.78, 5) is 0. The van der Waals surface area contributed by atoms with Crippen molar-refractivity contribution in [1.82, 2.24) is 0 Å². The van der Waals surface area contributed by atoms with Crippen LogP contribution in [0.3, 0.4) is 0 Å². The Morgan fingerprint density at radius 3 is 2.07 bits per heavy atom. The summed E-state index contributed by atoms with van der Waals surface area (Å²) in [5, 5.41) is 1.63. The van der Waals surface area contributed by atoms with Gasteiger partial charge < -0.3 is 24.8 Å². The molecule has 0 aromatic heterocycles. The maximum absolute atomic E-state index is 2.55. The van der Waals surface area contributed by atoms with Crippen LogP contribution >= 0.6 is 0 Å². The molecule has 0 fully saturated rings. The molecule has 1 aliphatic rings. The molecule has 0 heterocycles. The number of halogens is 2. The molecule has 0 saturated carbocycles. The second-order valence-electron chi connectivity index (χ2n) is 11.2. The van der Waals surface area contributed by atoms with E-state index in [1.165, 1.54) is 23.1 Å². The Bertz CT molecular complexity index is 911. The van der Waals surface area contributed by atoms with Crippen LogP contribution in [-0.4, -0.2) is 16.1 Å². The number of hydrogen-bond donors (Lipinski definition) is 0. The second kappa shape index (κ2) is 10.1. The molecule has 0 aliphatic heterocycles. The van der Waals surface area contributed by atoms with Gasteiger partial charge in [-0.05, 0) is 0 Å². The van der Waals surface area contributed by atoms with E-state index in [1.54, 1.807) is 49.9 Å². The van der Waals surface area contributed by atoms with Gasteiger partial charge in [0.25, 0.3) is 0 Å². The number of hydrogen-bond acceptors (Lipinski definition) is 0. The number of benzene rings is 2. The van der Waals surface area contributed by atoms with Gasteiger partial charge in [-0.3, -0.25) is 0 Å². The van der Waals surface area contributed by atoms with E-state index in [-0.39, 0.29) is 24.8 Å². The minimum Gasteiger partial charge on any atom is -1.00 e. The zero-order chi connectivity index (χ0) is 21.0. The van der Waals surface area contributed by atoms with Gasteiger partial charge >= 0.3 is 191 Å². The van der Waals surface area contributed by atoms with Gasteiger partial charge in [-0.25, -0.2) is 0 Å². The third kappa shape index (κ3) is 5.63. The van der Waals surface area contributed by atoms with Crippen molar-refractivity contribution in [2.24, 2.45) is 5.92 Å². The SMILES string of the molecule is Cc1cc2c(cc1[Si](C)(C)C)-c1ccc(CC(C)C(C)[Si](C)(C)C)[c]([Zr+2])c1C2.[Cl-].[Cl-]. The molecule has 1 aliphatic carbocycles. The van der Waals surface area contributed by atoms with Gasteiger partial charge in [0.05, 0.1) is 0 Å². The average Bonchev–Trinajstić information content (AvgIpc) is 2.92. The van der Waals surface area contributed by atoms with Crippen LogP contribution in [0.1, 0.15) is 36.1 Å². The van der Waals surface area contributed by atoms with Crippen LogP contribution in [0.25, 0.3) is 11.1 Å². The first kappa shape index (κ1) is 28.4. The van der Waals surface area contributed by atoms with Crippen molar-refractivity contribution < 1.29 is 49.5 Å². The first-order chi connectivity index (χ1) is 12.8. The van der Waals surface area contributed by atoms with E-state index >= 15 is 0 Å². The van der Waals surface area contributed by atoms with Crippen molar-refractivity contribution in [2.45, 2.75) is 78.4 Å². The van der Waals surface area contributed by atoms with Crippen molar-refractivity contribution in [3.8, 4) is 11.1 Å². The molecule has 0 amide bonds. The summed E-state index contributed by atoms with van der Waals surface area (Å²) in [5.74, 6) is 0.772. The van der Waals surface area contributed by atoms with Gasteiger partial charge in [0.15, 0.2) is 0 Å². The summed E-state index contributed by atoms with van der Waals surface area (Å²) in [6, 6.07) is 9.94. The van der Waals surface area contributed by atoms with E-state index in [4.69, 9.17) is 0 Å². The molecule has 30 heavy (non-hydrogen) atoms. The third-order valence-electron chi connectivity index (χ3n) is 7.08. The molecule has 3 rings (SSSR count). The quantitative estimate of drug-likeness (QED) is 0.395. The summed E-state index contributed by atoms with van der Waals surface area (Å²) < 4.78 is 1.64. The fourth-order valence-electron chi connectivity index (χ4n) is 4.84. The molecule has 0 bridgehead atoms. The van der Waals surface area contributed by atoms with Gasteiger partial charge in [-0.1, -0.05) is 0 Å². The van der Waals surface area contributed by atoms with Crippen LogP contribution < -0.4 is 33.3 Å². The molecule has 0 radical (unpaired) electrons. The van der Waals surface area contributed by atoms with Crippen molar-refractivity contribution in [3.05, 3.63) is 46.5 Å². The minimum absolute atomic E-state index is 0. The van der Waals surface area contributed by atoms with E-state index in [9.17, 15) is 0 Å². The van der Waals surface area contributed by atoms with E-state index in [0.29, 0.717) is 0 Å². The average molecular weight is 556 g/mol. The van der Waals surface area contributed by atoms with Gasteiger partial charge in [0.2, 0.25) is 0 Å². The van der Waals surface area contributed by atoms with Crippen molar-refractivity contribution in [2.75, 3.05) is 0 Å². The number of fused-ring (bicyclic) bond motifs is 3. The zero-order valence-corrected chi connectivity index (χ0v) is 26.1. The minimum atomic E-state index is -1.31. The first-order valence-electron chi connectivity index (χ1n) is 10.8. The Morgan fingerprint density at radius 2 is 1.53 bits per heavy atom. The van der Waals surface area contributed by atoms with Crippen molar-refractivity contribution >= 4 is 24.6 Å². The summed E-state index contributed by atoms with van der Waals surface area (Å²) in [7, 11) is -2.40. The summed E-state index contributed by atoms with van der Waals surface area (Å²) >= 11 is 1.58. The maximum Gasteiger partial charge on any atom is -1.00 e. The largest absolute Gasteiger partial charge is 1.00 e. The summed E-state index contributed by atoms with van der Waals surface area (Å²) in [6.07, 6.45) is 2.39. The van der Waals surface area contributed by atoms with Crippen molar-refractivity contribution in [1.29, 1.82) is 0 Å². The predicted molar refractivity (Wildman–Crippen MR) is 128 cm³/mol. The smallest absolute Gasteiger partial charge is 1.00 e. The second-order valence-corrected chi connectivity index (χ2v) is 23.1. The van der Waals surface area contributed by atoms with Crippen LogP contribution in [0, 0.1) is 12.8 Å². The summed E-state index contributed by atoms with van der Waals surface area (Å²) in [5.41, 5.74) is 10.2. The molecule has 0 nitrogen and oxygen atoms in total. The Kier molecular flexibility index (Phi) is 9.53. The van der Waals surface area contributed by atoms with Crippen LogP contribution in [0.15, 0.2) is 24.3 Å². The Hall–Kier alpha value is 0.337. The molecule has 2 aromatic carbocycles. The van der Waals surface area contributed by atoms with E-state index in [0.717, 1.165) is 17.9 Å². The standard InChI is InChI=1S/C25H37Si2.2ClH.Zr/c1-17(19(3)26(4,5)6)12-20-10-11-23-22(14-20)15-21-13-18(2)25(16-24(21)23)27(7,8)9;;;/h10-11,13,16-17,19H,12,15H2,1-9H3;2*1H;/q;;;+2/p-2. The molecular weight excluding hydrogens is 519 g/mol. The molecular formula is C25H37Cl2Si2Zr. The van der Waals surface area contributed by atoms with Crippen LogP contribution in [0.2, 0.25) is 44.8 Å². The third-order valence-corrected chi connectivity index (χ3v) is 14.1. The monoisotopic (exact) mass is 553 g/mol. The maximum atomic E-state index is 2.55. The van der Waals surface area contributed by atoms with Crippen LogP contribution in [0.4, 0.5) is 0 Å².